The predicted molar refractivity (Wildman–Crippen MR) is 74.8 cm³/mol. The van der Waals surface area contributed by atoms with E-state index in [0.29, 0.717) is 6.54 Å². The fraction of sp³-hybridized carbons (Fsp3) is 0.600. The van der Waals surface area contributed by atoms with Gasteiger partial charge in [-0.25, -0.2) is 0 Å². The molecule has 1 aliphatic rings. The highest BCUT2D eigenvalue weighted by Crippen LogP contribution is 2.31. The van der Waals surface area contributed by atoms with Gasteiger partial charge in [-0.15, -0.1) is 0 Å². The first-order valence-corrected chi connectivity index (χ1v) is 6.83. The summed E-state index contributed by atoms with van der Waals surface area (Å²) in [6.07, 6.45) is 2.60. The van der Waals surface area contributed by atoms with Crippen molar-refractivity contribution in [3.63, 3.8) is 0 Å². The summed E-state index contributed by atoms with van der Waals surface area (Å²) in [5.41, 5.74) is 7.23. The van der Waals surface area contributed by atoms with E-state index in [1.807, 2.05) is 12.1 Å². The van der Waals surface area contributed by atoms with Crippen molar-refractivity contribution in [1.82, 2.24) is 4.90 Å². The van der Waals surface area contributed by atoms with Crippen LogP contribution in [0, 0.1) is 5.92 Å². The van der Waals surface area contributed by atoms with Crippen molar-refractivity contribution in [2.75, 3.05) is 26.7 Å². The van der Waals surface area contributed by atoms with Crippen molar-refractivity contribution in [3.05, 3.63) is 29.8 Å². The zero-order valence-corrected chi connectivity index (χ0v) is 11.4. The van der Waals surface area contributed by atoms with Crippen LogP contribution < -0.4 is 10.5 Å². The van der Waals surface area contributed by atoms with E-state index in [0.717, 1.165) is 24.8 Å². The molecule has 100 valence electrons. The highest BCUT2D eigenvalue weighted by Gasteiger charge is 2.25. The minimum atomic E-state index is 0.281. The Labute approximate surface area is 110 Å². The van der Waals surface area contributed by atoms with Crippen LogP contribution in [0.25, 0.3) is 0 Å². The van der Waals surface area contributed by atoms with Crippen molar-refractivity contribution in [1.29, 1.82) is 0 Å². The number of methoxy groups -OCH3 is 1. The van der Waals surface area contributed by atoms with Gasteiger partial charge in [0, 0.05) is 18.7 Å². The second-order valence-corrected chi connectivity index (χ2v) is 5.24. The fourth-order valence-corrected chi connectivity index (χ4v) is 2.92. The molecular formula is C15H24N2O. The van der Waals surface area contributed by atoms with Crippen molar-refractivity contribution >= 4 is 0 Å². The summed E-state index contributed by atoms with van der Waals surface area (Å²) >= 11 is 0. The molecule has 3 nitrogen and oxygen atoms in total. The number of para-hydroxylation sites is 1. The maximum absolute atomic E-state index is 6.01. The Bertz CT molecular complexity index is 381. The molecule has 2 N–H and O–H groups in total. The monoisotopic (exact) mass is 248 g/mol. The second-order valence-electron chi connectivity index (χ2n) is 5.24. The molecule has 2 rings (SSSR count). The van der Waals surface area contributed by atoms with E-state index in [4.69, 9.17) is 10.5 Å². The van der Waals surface area contributed by atoms with Gasteiger partial charge in [-0.3, -0.25) is 4.90 Å². The first-order chi connectivity index (χ1) is 8.76. The Hall–Kier alpha value is -1.06. The third-order valence-corrected chi connectivity index (χ3v) is 3.85. The van der Waals surface area contributed by atoms with Gasteiger partial charge in [0.25, 0.3) is 0 Å². The summed E-state index contributed by atoms with van der Waals surface area (Å²) in [5, 5.41) is 0. The number of benzene rings is 1. The first kappa shape index (κ1) is 13.4. The van der Waals surface area contributed by atoms with E-state index in [1.54, 1.807) is 7.11 Å². The van der Waals surface area contributed by atoms with E-state index in [1.165, 1.54) is 18.4 Å². The molecule has 0 aliphatic carbocycles. The molecule has 0 radical (unpaired) electrons. The van der Waals surface area contributed by atoms with Gasteiger partial charge in [0.05, 0.1) is 13.2 Å². The Kier molecular flexibility index (Phi) is 4.61. The number of ether oxygens (including phenoxy) is 1. The Balaban J connectivity index is 2.21. The topological polar surface area (TPSA) is 38.5 Å². The molecule has 1 aliphatic heterocycles. The number of nitrogens with two attached hydrogens (primary N) is 1. The van der Waals surface area contributed by atoms with Gasteiger partial charge < -0.3 is 10.5 Å². The molecular weight excluding hydrogens is 224 g/mol. The lowest BCUT2D eigenvalue weighted by atomic mass is 9.96. The quantitative estimate of drug-likeness (QED) is 0.889. The molecule has 1 aromatic carbocycles. The summed E-state index contributed by atoms with van der Waals surface area (Å²) in [6, 6.07) is 8.51. The van der Waals surface area contributed by atoms with Crippen LogP contribution in [0.2, 0.25) is 0 Å². The van der Waals surface area contributed by atoms with Crippen LogP contribution in [0.4, 0.5) is 0 Å². The zero-order chi connectivity index (χ0) is 13.0. The normalized spacial score (nSPS) is 22.7. The Morgan fingerprint density at radius 1 is 1.44 bits per heavy atom. The number of likely N-dealkylation sites (tertiary alicyclic amines) is 1. The first-order valence-electron chi connectivity index (χ1n) is 6.83. The van der Waals surface area contributed by atoms with Gasteiger partial charge in [-0.05, 0) is 31.4 Å². The van der Waals surface area contributed by atoms with E-state index < -0.39 is 0 Å². The summed E-state index contributed by atoms with van der Waals surface area (Å²) < 4.78 is 5.46. The van der Waals surface area contributed by atoms with E-state index in [9.17, 15) is 0 Å². The van der Waals surface area contributed by atoms with Crippen molar-refractivity contribution in [3.8, 4) is 5.75 Å². The molecule has 2 atom stereocenters. The van der Waals surface area contributed by atoms with E-state index >= 15 is 0 Å². The highest BCUT2D eigenvalue weighted by molar-refractivity contribution is 5.36. The molecule has 1 saturated heterocycles. The van der Waals surface area contributed by atoms with Crippen LogP contribution in [-0.2, 0) is 0 Å². The molecule has 3 heteroatoms. The molecule has 18 heavy (non-hydrogen) atoms. The molecule has 0 saturated carbocycles. The SMILES string of the molecule is COc1ccccc1[C@@H](CN)N1CCC[C@@H](C)C1. The van der Waals surface area contributed by atoms with Gasteiger partial charge in [0.15, 0.2) is 0 Å². The fourth-order valence-electron chi connectivity index (χ4n) is 2.92. The lowest BCUT2D eigenvalue weighted by Crippen LogP contribution is -2.40. The van der Waals surface area contributed by atoms with Gasteiger partial charge >= 0.3 is 0 Å². The summed E-state index contributed by atoms with van der Waals surface area (Å²) in [4.78, 5) is 2.51. The van der Waals surface area contributed by atoms with Crippen LogP contribution in [-0.4, -0.2) is 31.6 Å². The smallest absolute Gasteiger partial charge is 0.123 e. The van der Waals surface area contributed by atoms with Crippen LogP contribution in [0.15, 0.2) is 24.3 Å². The lowest BCUT2D eigenvalue weighted by molar-refractivity contribution is 0.131. The number of hydrogen-bond donors (Lipinski definition) is 1. The van der Waals surface area contributed by atoms with Gasteiger partial charge in [-0.1, -0.05) is 25.1 Å². The Morgan fingerprint density at radius 2 is 2.22 bits per heavy atom. The van der Waals surface area contributed by atoms with Crippen LogP contribution in [0.1, 0.15) is 31.4 Å². The number of hydrogen-bond acceptors (Lipinski definition) is 3. The molecule has 1 fully saturated rings. The third kappa shape index (κ3) is 2.85. The molecule has 1 aromatic rings. The van der Waals surface area contributed by atoms with Crippen molar-refractivity contribution in [2.24, 2.45) is 11.7 Å². The number of nitrogens with zero attached hydrogens (tertiary/aromatic N) is 1. The number of rotatable bonds is 4. The largest absolute Gasteiger partial charge is 0.496 e. The van der Waals surface area contributed by atoms with Gasteiger partial charge in [0.1, 0.15) is 5.75 Å². The van der Waals surface area contributed by atoms with Crippen LogP contribution in [0.3, 0.4) is 0 Å². The number of piperidine rings is 1. The molecule has 0 unspecified atom stereocenters. The summed E-state index contributed by atoms with van der Waals surface area (Å²) in [7, 11) is 1.73. The van der Waals surface area contributed by atoms with E-state index in [-0.39, 0.29) is 6.04 Å². The summed E-state index contributed by atoms with van der Waals surface area (Å²) in [5.74, 6) is 1.72. The lowest BCUT2D eigenvalue weighted by Gasteiger charge is -2.37. The maximum atomic E-state index is 6.01. The van der Waals surface area contributed by atoms with Crippen molar-refractivity contribution < 1.29 is 4.74 Å². The minimum Gasteiger partial charge on any atom is -0.496 e. The van der Waals surface area contributed by atoms with Crippen LogP contribution >= 0.6 is 0 Å². The minimum absolute atomic E-state index is 0.281. The van der Waals surface area contributed by atoms with Gasteiger partial charge in [0.2, 0.25) is 0 Å². The molecule has 0 amide bonds. The molecule has 0 bridgehead atoms. The second kappa shape index (κ2) is 6.21. The van der Waals surface area contributed by atoms with Gasteiger partial charge in [-0.2, -0.15) is 0 Å². The Morgan fingerprint density at radius 3 is 2.89 bits per heavy atom. The van der Waals surface area contributed by atoms with Crippen LogP contribution in [0.5, 0.6) is 5.75 Å². The zero-order valence-electron chi connectivity index (χ0n) is 11.4. The average molecular weight is 248 g/mol. The van der Waals surface area contributed by atoms with Crippen molar-refractivity contribution in [2.45, 2.75) is 25.8 Å². The standard InChI is InChI=1S/C15H24N2O/c1-12-6-5-9-17(11-12)14(10-16)13-7-3-4-8-15(13)18-2/h3-4,7-8,12,14H,5-6,9-11,16H2,1-2H3/t12-,14-/m1/s1. The maximum Gasteiger partial charge on any atom is 0.123 e. The summed E-state index contributed by atoms with van der Waals surface area (Å²) in [6.45, 7) is 5.25. The predicted octanol–water partition coefficient (Wildman–Crippen LogP) is 2.43. The third-order valence-electron chi connectivity index (χ3n) is 3.85. The highest BCUT2D eigenvalue weighted by atomic mass is 16.5. The average Bonchev–Trinajstić information content (AvgIpc) is 2.40. The molecule has 0 spiro atoms. The molecule has 0 aromatic heterocycles. The van der Waals surface area contributed by atoms with E-state index in [2.05, 4.69) is 24.0 Å². The molecule has 1 heterocycles.